The van der Waals surface area contributed by atoms with Crippen LogP contribution in [0, 0.1) is 0 Å². The lowest BCUT2D eigenvalue weighted by Crippen LogP contribution is -2.25. The zero-order valence-corrected chi connectivity index (χ0v) is 15.1. The summed E-state index contributed by atoms with van der Waals surface area (Å²) in [6.07, 6.45) is 0.622. The van der Waals surface area contributed by atoms with Crippen LogP contribution in [0.15, 0.2) is 48.5 Å². The number of nitrogens with zero attached hydrogens (tertiary/aromatic N) is 2. The Morgan fingerprint density at radius 3 is 2.44 bits per heavy atom. The summed E-state index contributed by atoms with van der Waals surface area (Å²) in [5.41, 5.74) is 2.71. The maximum atomic E-state index is 12.4. The van der Waals surface area contributed by atoms with E-state index in [2.05, 4.69) is 5.32 Å². The topological polar surface area (TPSA) is 69.7 Å². The zero-order chi connectivity index (χ0) is 18.0. The van der Waals surface area contributed by atoms with Gasteiger partial charge in [0.05, 0.1) is 11.4 Å². The highest BCUT2D eigenvalue weighted by Crippen LogP contribution is 2.26. The van der Waals surface area contributed by atoms with Crippen molar-refractivity contribution in [3.63, 3.8) is 0 Å². The van der Waals surface area contributed by atoms with E-state index in [1.807, 2.05) is 31.1 Å². The summed E-state index contributed by atoms with van der Waals surface area (Å²) in [4.78, 5) is 14.4. The summed E-state index contributed by atoms with van der Waals surface area (Å²) in [6, 6.07) is 14.2. The van der Waals surface area contributed by atoms with E-state index in [9.17, 15) is 13.2 Å². The molecule has 1 aliphatic rings. The van der Waals surface area contributed by atoms with Gasteiger partial charge in [0.25, 0.3) is 5.91 Å². The van der Waals surface area contributed by atoms with E-state index >= 15 is 0 Å². The standard InChI is InChI=1S/C18H21N3O3S/c1-20(2)16-9-7-14(8-10-16)18(22)19-15-5-3-6-17(13-15)21-11-4-12-25(21,23)24/h3,5-10,13H,4,11-12H2,1-2H3,(H,19,22). The summed E-state index contributed by atoms with van der Waals surface area (Å²) < 4.78 is 25.5. The molecule has 1 N–H and O–H groups in total. The highest BCUT2D eigenvalue weighted by Gasteiger charge is 2.28. The van der Waals surface area contributed by atoms with Gasteiger partial charge in [0, 0.05) is 37.6 Å². The van der Waals surface area contributed by atoms with Crippen LogP contribution in [0.2, 0.25) is 0 Å². The second kappa shape index (κ2) is 6.76. The number of nitrogens with one attached hydrogen (secondary N) is 1. The SMILES string of the molecule is CN(C)c1ccc(C(=O)Nc2cccc(N3CCCS3(=O)=O)c2)cc1. The molecule has 1 saturated heterocycles. The molecule has 7 heteroatoms. The third-order valence-electron chi connectivity index (χ3n) is 4.14. The molecule has 25 heavy (non-hydrogen) atoms. The molecule has 2 aromatic rings. The van der Waals surface area contributed by atoms with Gasteiger partial charge in [0.15, 0.2) is 0 Å². The lowest BCUT2D eigenvalue weighted by Gasteiger charge is -2.18. The molecule has 1 aliphatic heterocycles. The van der Waals surface area contributed by atoms with Crippen LogP contribution < -0.4 is 14.5 Å². The normalized spacial score (nSPS) is 15.8. The molecule has 0 saturated carbocycles. The number of amides is 1. The number of hydrogen-bond acceptors (Lipinski definition) is 4. The van der Waals surface area contributed by atoms with Crippen molar-refractivity contribution in [2.24, 2.45) is 0 Å². The monoisotopic (exact) mass is 359 g/mol. The van der Waals surface area contributed by atoms with Crippen molar-refractivity contribution >= 4 is 33.0 Å². The van der Waals surface area contributed by atoms with Crippen LogP contribution in [0.5, 0.6) is 0 Å². The Kier molecular flexibility index (Phi) is 4.67. The average molecular weight is 359 g/mol. The molecule has 1 fully saturated rings. The molecule has 1 amide bonds. The highest BCUT2D eigenvalue weighted by atomic mass is 32.2. The third kappa shape index (κ3) is 3.76. The minimum Gasteiger partial charge on any atom is -0.378 e. The molecular weight excluding hydrogens is 338 g/mol. The van der Waals surface area contributed by atoms with E-state index in [-0.39, 0.29) is 11.7 Å². The Morgan fingerprint density at radius 1 is 1.12 bits per heavy atom. The van der Waals surface area contributed by atoms with E-state index in [0.29, 0.717) is 29.9 Å². The minimum atomic E-state index is -3.23. The van der Waals surface area contributed by atoms with Crippen LogP contribution in [0.4, 0.5) is 17.1 Å². The van der Waals surface area contributed by atoms with Gasteiger partial charge in [-0.15, -0.1) is 0 Å². The lowest BCUT2D eigenvalue weighted by molar-refractivity contribution is 0.102. The average Bonchev–Trinajstić information content (AvgIpc) is 2.94. The number of hydrogen-bond donors (Lipinski definition) is 1. The number of rotatable bonds is 4. The number of sulfonamides is 1. The number of carbonyl (C=O) groups excluding carboxylic acids is 1. The van der Waals surface area contributed by atoms with Gasteiger partial charge in [0.1, 0.15) is 0 Å². The third-order valence-corrected chi connectivity index (χ3v) is 6.01. The second-order valence-corrected chi connectivity index (χ2v) is 8.20. The lowest BCUT2D eigenvalue weighted by atomic mass is 10.2. The fourth-order valence-corrected chi connectivity index (χ4v) is 4.34. The molecule has 0 bridgehead atoms. The molecule has 0 atom stereocenters. The largest absolute Gasteiger partial charge is 0.378 e. The van der Waals surface area contributed by atoms with Crippen molar-refractivity contribution in [3.8, 4) is 0 Å². The summed E-state index contributed by atoms with van der Waals surface area (Å²) in [5.74, 6) is -0.0614. The van der Waals surface area contributed by atoms with Gasteiger partial charge in [-0.25, -0.2) is 8.42 Å². The summed E-state index contributed by atoms with van der Waals surface area (Å²) in [7, 11) is 0.640. The zero-order valence-electron chi connectivity index (χ0n) is 14.3. The first-order chi connectivity index (χ1) is 11.9. The molecular formula is C18H21N3O3S. The van der Waals surface area contributed by atoms with Gasteiger partial charge in [-0.05, 0) is 48.9 Å². The summed E-state index contributed by atoms with van der Waals surface area (Å²) >= 11 is 0. The van der Waals surface area contributed by atoms with Crippen molar-refractivity contribution in [1.29, 1.82) is 0 Å². The van der Waals surface area contributed by atoms with E-state index < -0.39 is 10.0 Å². The fourth-order valence-electron chi connectivity index (χ4n) is 2.78. The van der Waals surface area contributed by atoms with Crippen molar-refractivity contribution in [3.05, 3.63) is 54.1 Å². The molecule has 0 radical (unpaired) electrons. The fraction of sp³-hybridized carbons (Fsp3) is 0.278. The summed E-state index contributed by atoms with van der Waals surface area (Å²) in [5, 5.41) is 2.82. The van der Waals surface area contributed by atoms with Gasteiger partial charge in [-0.2, -0.15) is 0 Å². The van der Waals surface area contributed by atoms with Crippen molar-refractivity contribution in [2.75, 3.05) is 40.9 Å². The van der Waals surface area contributed by atoms with E-state index in [1.54, 1.807) is 36.4 Å². The number of benzene rings is 2. The highest BCUT2D eigenvalue weighted by molar-refractivity contribution is 7.93. The first-order valence-electron chi connectivity index (χ1n) is 8.06. The Morgan fingerprint density at radius 2 is 1.84 bits per heavy atom. The van der Waals surface area contributed by atoms with Gasteiger partial charge in [-0.3, -0.25) is 9.10 Å². The molecule has 3 rings (SSSR count). The molecule has 1 heterocycles. The van der Waals surface area contributed by atoms with Crippen LogP contribution in [0.25, 0.3) is 0 Å². The molecule has 132 valence electrons. The van der Waals surface area contributed by atoms with Gasteiger partial charge in [0.2, 0.25) is 10.0 Å². The minimum absolute atomic E-state index is 0.168. The number of carbonyl (C=O) groups is 1. The Bertz CT molecular complexity index is 877. The molecule has 0 spiro atoms. The first-order valence-corrected chi connectivity index (χ1v) is 9.67. The Hall–Kier alpha value is -2.54. The predicted octanol–water partition coefficient (Wildman–Crippen LogP) is 2.54. The quantitative estimate of drug-likeness (QED) is 0.911. The first kappa shape index (κ1) is 17.3. The van der Waals surface area contributed by atoms with E-state index in [4.69, 9.17) is 0 Å². The Balaban J connectivity index is 1.77. The second-order valence-electron chi connectivity index (χ2n) is 6.19. The van der Waals surface area contributed by atoms with Crippen molar-refractivity contribution in [2.45, 2.75) is 6.42 Å². The van der Waals surface area contributed by atoms with E-state index in [1.165, 1.54) is 4.31 Å². The van der Waals surface area contributed by atoms with Crippen molar-refractivity contribution in [1.82, 2.24) is 0 Å². The smallest absolute Gasteiger partial charge is 0.255 e. The number of anilines is 3. The van der Waals surface area contributed by atoms with Crippen molar-refractivity contribution < 1.29 is 13.2 Å². The molecule has 6 nitrogen and oxygen atoms in total. The van der Waals surface area contributed by atoms with E-state index in [0.717, 1.165) is 5.69 Å². The van der Waals surface area contributed by atoms with Gasteiger partial charge in [-0.1, -0.05) is 6.07 Å². The Labute approximate surface area is 148 Å². The van der Waals surface area contributed by atoms with Crippen LogP contribution in [0.1, 0.15) is 16.8 Å². The maximum Gasteiger partial charge on any atom is 0.255 e. The molecule has 2 aromatic carbocycles. The van der Waals surface area contributed by atoms with Gasteiger partial charge < -0.3 is 10.2 Å². The summed E-state index contributed by atoms with van der Waals surface area (Å²) in [6.45, 7) is 0.478. The van der Waals surface area contributed by atoms with Crippen LogP contribution in [-0.2, 0) is 10.0 Å². The molecule has 0 aliphatic carbocycles. The predicted molar refractivity (Wildman–Crippen MR) is 101 cm³/mol. The molecule has 0 unspecified atom stereocenters. The van der Waals surface area contributed by atoms with Crippen LogP contribution in [0.3, 0.4) is 0 Å². The molecule has 0 aromatic heterocycles. The van der Waals surface area contributed by atoms with Crippen LogP contribution >= 0.6 is 0 Å². The maximum absolute atomic E-state index is 12.4. The van der Waals surface area contributed by atoms with Crippen LogP contribution in [-0.4, -0.2) is 40.7 Å². The van der Waals surface area contributed by atoms with Gasteiger partial charge >= 0.3 is 0 Å².